The Morgan fingerprint density at radius 3 is 2.29 bits per heavy atom. The van der Waals surface area contributed by atoms with Gasteiger partial charge in [-0.25, -0.2) is 4.98 Å². The van der Waals surface area contributed by atoms with Crippen molar-refractivity contribution in [2.24, 2.45) is 5.73 Å². The highest BCUT2D eigenvalue weighted by Crippen LogP contribution is 2.25. The highest BCUT2D eigenvalue weighted by molar-refractivity contribution is 6.44. The van der Waals surface area contributed by atoms with Crippen LogP contribution in [0.3, 0.4) is 0 Å². The number of nitrogens with two attached hydrogens (primary N) is 1. The van der Waals surface area contributed by atoms with E-state index in [-0.39, 0.29) is 5.71 Å². The number of hydrogen-bond donors (Lipinski definition) is 4. The van der Waals surface area contributed by atoms with E-state index in [2.05, 4.69) is 20.5 Å². The van der Waals surface area contributed by atoms with E-state index < -0.39 is 5.91 Å². The fourth-order valence-electron chi connectivity index (χ4n) is 4.42. The third-order valence-corrected chi connectivity index (χ3v) is 6.00. The van der Waals surface area contributed by atoms with E-state index >= 15 is 0 Å². The van der Waals surface area contributed by atoms with Crippen LogP contribution in [0.2, 0.25) is 0 Å². The molecule has 154 valence electrons. The molecule has 2 atom stereocenters. The topological polar surface area (TPSA) is 107 Å². The maximum atomic E-state index is 11.1. The lowest BCUT2D eigenvalue weighted by Gasteiger charge is -2.22. The minimum Gasteiger partial charge on any atom is -0.373 e. The highest BCUT2D eigenvalue weighted by Gasteiger charge is 2.26. The van der Waals surface area contributed by atoms with E-state index in [1.165, 1.54) is 57.8 Å². The summed E-state index contributed by atoms with van der Waals surface area (Å²) in [4.78, 5) is 17.9. The van der Waals surface area contributed by atoms with Crippen LogP contribution in [0.5, 0.6) is 0 Å². The Morgan fingerprint density at radius 1 is 1.11 bits per heavy atom. The summed E-state index contributed by atoms with van der Waals surface area (Å²) in [6.45, 7) is 2.01. The predicted octanol–water partition coefficient (Wildman–Crippen LogP) is 2.65. The third-order valence-electron chi connectivity index (χ3n) is 6.00. The van der Waals surface area contributed by atoms with E-state index in [9.17, 15) is 4.79 Å². The first kappa shape index (κ1) is 20.6. The standard InChI is InChI=1S/C14H21N5O.C7H13N/c1-17-14-10(12(15)13(16)20)6-7-11(18-14)19-8-4-2-3-5-9-19;1-2-6-4-5-7(3-1)8-6/h6-7,15H,2-5,8-9H2,1H3,(H2,16,20)(H,17,18);6-8H,1-5H2/t;6-,7?/m.1/s1. The summed E-state index contributed by atoms with van der Waals surface area (Å²) in [6.07, 6.45) is 12.1. The molecule has 0 aromatic carbocycles. The molecule has 3 fully saturated rings. The zero-order valence-electron chi connectivity index (χ0n) is 17.0. The molecule has 1 amide bonds. The van der Waals surface area contributed by atoms with Crippen LogP contribution in [-0.2, 0) is 4.79 Å². The summed E-state index contributed by atoms with van der Waals surface area (Å²) in [6, 6.07) is 5.42. The van der Waals surface area contributed by atoms with Crippen molar-refractivity contribution < 1.29 is 4.79 Å². The molecule has 0 saturated carbocycles. The number of fused-ring (bicyclic) bond motifs is 2. The van der Waals surface area contributed by atoms with Crippen LogP contribution in [-0.4, -0.2) is 48.8 Å². The maximum absolute atomic E-state index is 11.1. The molecule has 3 saturated heterocycles. The number of pyridine rings is 1. The van der Waals surface area contributed by atoms with Crippen molar-refractivity contribution in [2.75, 3.05) is 30.4 Å². The third kappa shape index (κ3) is 5.22. The summed E-state index contributed by atoms with van der Waals surface area (Å²) >= 11 is 0. The molecule has 1 aromatic rings. The van der Waals surface area contributed by atoms with Crippen molar-refractivity contribution in [3.05, 3.63) is 17.7 Å². The van der Waals surface area contributed by atoms with E-state index in [0.717, 1.165) is 31.0 Å². The second-order valence-electron chi connectivity index (χ2n) is 8.02. The molecule has 5 N–H and O–H groups in total. The first-order chi connectivity index (χ1) is 13.6. The highest BCUT2D eigenvalue weighted by atomic mass is 16.1. The van der Waals surface area contributed by atoms with Crippen LogP contribution >= 0.6 is 0 Å². The molecule has 0 spiro atoms. The minimum atomic E-state index is -0.745. The van der Waals surface area contributed by atoms with Crippen molar-refractivity contribution in [2.45, 2.75) is 69.9 Å². The molecule has 1 unspecified atom stereocenters. The Balaban J connectivity index is 0.000000231. The second-order valence-corrected chi connectivity index (χ2v) is 8.02. The monoisotopic (exact) mass is 386 g/mol. The van der Waals surface area contributed by atoms with Crippen LogP contribution in [0.4, 0.5) is 11.6 Å². The predicted molar refractivity (Wildman–Crippen MR) is 114 cm³/mol. The van der Waals surface area contributed by atoms with Gasteiger partial charge in [0.1, 0.15) is 17.3 Å². The minimum absolute atomic E-state index is 0.218. The number of piperidine rings is 1. The lowest BCUT2D eigenvalue weighted by Crippen LogP contribution is -2.33. The van der Waals surface area contributed by atoms with E-state index in [1.807, 2.05) is 6.07 Å². The molecule has 4 rings (SSSR count). The van der Waals surface area contributed by atoms with Crippen molar-refractivity contribution in [3.63, 3.8) is 0 Å². The number of primary amides is 1. The number of aromatic nitrogens is 1. The summed E-state index contributed by atoms with van der Waals surface area (Å²) in [7, 11) is 1.73. The molecule has 28 heavy (non-hydrogen) atoms. The Labute approximate surface area is 168 Å². The van der Waals surface area contributed by atoms with Crippen molar-refractivity contribution in [1.82, 2.24) is 10.3 Å². The van der Waals surface area contributed by atoms with Crippen molar-refractivity contribution in [1.29, 1.82) is 5.41 Å². The number of nitrogens with one attached hydrogen (secondary N) is 3. The Morgan fingerprint density at radius 2 is 1.75 bits per heavy atom. The molecule has 3 aliphatic rings. The zero-order valence-corrected chi connectivity index (χ0v) is 17.0. The molecule has 1 aromatic heterocycles. The Hall–Kier alpha value is -2.15. The molecule has 2 bridgehead atoms. The number of nitrogens with zero attached hydrogens (tertiary/aromatic N) is 2. The van der Waals surface area contributed by atoms with Gasteiger partial charge in [0.05, 0.1) is 0 Å². The molecule has 7 heteroatoms. The molecular weight excluding hydrogens is 352 g/mol. The van der Waals surface area contributed by atoms with Gasteiger partial charge in [0.2, 0.25) is 0 Å². The van der Waals surface area contributed by atoms with Crippen LogP contribution in [0.15, 0.2) is 12.1 Å². The largest absolute Gasteiger partial charge is 0.373 e. The van der Waals surface area contributed by atoms with Gasteiger partial charge in [-0.2, -0.15) is 0 Å². The fraction of sp³-hybridized carbons (Fsp3) is 0.667. The number of hydrogen-bond acceptors (Lipinski definition) is 6. The fourth-order valence-corrected chi connectivity index (χ4v) is 4.42. The Kier molecular flexibility index (Phi) is 7.25. The van der Waals surface area contributed by atoms with Gasteiger partial charge in [-0.05, 0) is 50.7 Å². The lowest BCUT2D eigenvalue weighted by molar-refractivity contribution is -0.112. The molecule has 0 aliphatic carbocycles. The maximum Gasteiger partial charge on any atom is 0.267 e. The normalized spacial score (nSPS) is 24.0. The molecular formula is C21H34N6O. The van der Waals surface area contributed by atoms with Gasteiger partial charge in [0.15, 0.2) is 0 Å². The van der Waals surface area contributed by atoms with Gasteiger partial charge in [-0.3, -0.25) is 10.2 Å². The van der Waals surface area contributed by atoms with Crippen molar-refractivity contribution >= 4 is 23.3 Å². The first-order valence-corrected chi connectivity index (χ1v) is 10.7. The SMILES string of the molecule is C1CC2CC[C@@H](C1)N2.CNc1nc(N2CCCCCC2)ccc1C(=N)C(N)=O. The van der Waals surface area contributed by atoms with E-state index in [1.54, 1.807) is 13.1 Å². The summed E-state index contributed by atoms with van der Waals surface area (Å²) < 4.78 is 0. The molecule has 3 aliphatic heterocycles. The summed E-state index contributed by atoms with van der Waals surface area (Å²) in [5, 5.41) is 14.2. The molecule has 4 heterocycles. The van der Waals surface area contributed by atoms with Crippen LogP contribution in [0.1, 0.15) is 63.4 Å². The van der Waals surface area contributed by atoms with Gasteiger partial charge in [0.25, 0.3) is 5.91 Å². The molecule has 7 nitrogen and oxygen atoms in total. The van der Waals surface area contributed by atoms with Gasteiger partial charge in [-0.1, -0.05) is 19.3 Å². The smallest absolute Gasteiger partial charge is 0.267 e. The first-order valence-electron chi connectivity index (χ1n) is 10.7. The van der Waals surface area contributed by atoms with Crippen LogP contribution in [0.25, 0.3) is 0 Å². The second kappa shape index (κ2) is 9.87. The van der Waals surface area contributed by atoms with Gasteiger partial charge in [-0.15, -0.1) is 0 Å². The van der Waals surface area contributed by atoms with Crippen LogP contribution in [0, 0.1) is 5.41 Å². The van der Waals surface area contributed by atoms with Crippen LogP contribution < -0.4 is 21.3 Å². The summed E-state index contributed by atoms with van der Waals surface area (Å²) in [5.41, 5.74) is 5.39. The van der Waals surface area contributed by atoms with Crippen molar-refractivity contribution in [3.8, 4) is 0 Å². The average molecular weight is 387 g/mol. The lowest BCUT2D eigenvalue weighted by atomic mass is 10.1. The number of anilines is 2. The van der Waals surface area contributed by atoms with Gasteiger partial charge >= 0.3 is 0 Å². The average Bonchev–Trinajstić information content (AvgIpc) is 2.91. The van der Waals surface area contributed by atoms with Gasteiger partial charge < -0.3 is 21.3 Å². The number of amides is 1. The van der Waals surface area contributed by atoms with E-state index in [0.29, 0.717) is 11.4 Å². The molecule has 0 radical (unpaired) electrons. The zero-order chi connectivity index (χ0) is 19.9. The number of carbonyl (C=O) groups is 1. The van der Waals surface area contributed by atoms with Gasteiger partial charge in [0, 0.05) is 37.8 Å². The number of rotatable bonds is 4. The quantitative estimate of drug-likeness (QED) is 0.595. The Bertz CT molecular complexity index is 669. The number of carbonyl (C=O) groups excluding carboxylic acids is 1. The summed E-state index contributed by atoms with van der Waals surface area (Å²) in [5.74, 6) is 0.665. The van der Waals surface area contributed by atoms with E-state index in [4.69, 9.17) is 11.1 Å².